The number of morpholine rings is 1. The Morgan fingerprint density at radius 3 is 2.68 bits per heavy atom. The first-order valence-electron chi connectivity index (χ1n) is 10.1. The molecule has 0 atom stereocenters. The van der Waals surface area contributed by atoms with Crippen LogP contribution in [0.1, 0.15) is 0 Å². The standard InChI is InChI=1S/C22H24FN3O2S3/c1-29-18-6-7-19-20(14-18)31-22(24-19)26(9-8-25-10-12-28-13-11-25)21(27)15-30-17-4-2-16(23)3-5-17/h2-7,14H,8-13,15H2,1H3. The van der Waals surface area contributed by atoms with Gasteiger partial charge in [0, 0.05) is 36.0 Å². The minimum Gasteiger partial charge on any atom is -0.379 e. The zero-order valence-corrected chi connectivity index (χ0v) is 19.7. The van der Waals surface area contributed by atoms with Crippen LogP contribution in [-0.4, -0.2) is 67.2 Å². The van der Waals surface area contributed by atoms with E-state index in [1.165, 1.54) is 28.8 Å². The van der Waals surface area contributed by atoms with Gasteiger partial charge in [0.1, 0.15) is 5.82 Å². The van der Waals surface area contributed by atoms with Crippen LogP contribution < -0.4 is 4.90 Å². The monoisotopic (exact) mass is 477 g/mol. The van der Waals surface area contributed by atoms with E-state index in [1.54, 1.807) is 40.1 Å². The normalized spacial score (nSPS) is 14.8. The molecular formula is C22H24FN3O2S3. The zero-order chi connectivity index (χ0) is 21.6. The Kier molecular flexibility index (Phi) is 7.84. The number of amides is 1. The lowest BCUT2D eigenvalue weighted by molar-refractivity contribution is -0.116. The summed E-state index contributed by atoms with van der Waals surface area (Å²) in [6.45, 7) is 4.58. The Balaban J connectivity index is 1.51. The lowest BCUT2D eigenvalue weighted by Gasteiger charge is -2.29. The lowest BCUT2D eigenvalue weighted by Crippen LogP contribution is -2.43. The van der Waals surface area contributed by atoms with Gasteiger partial charge in [-0.2, -0.15) is 0 Å². The lowest BCUT2D eigenvalue weighted by atomic mass is 10.3. The second-order valence-electron chi connectivity index (χ2n) is 7.07. The Morgan fingerprint density at radius 1 is 1.19 bits per heavy atom. The van der Waals surface area contributed by atoms with Crippen LogP contribution in [0.15, 0.2) is 52.3 Å². The van der Waals surface area contributed by atoms with E-state index >= 15 is 0 Å². The minimum atomic E-state index is -0.276. The topological polar surface area (TPSA) is 45.7 Å². The molecule has 0 aliphatic carbocycles. The molecule has 0 saturated carbocycles. The number of hydrogen-bond acceptors (Lipinski definition) is 7. The summed E-state index contributed by atoms with van der Waals surface area (Å²) in [5.74, 6) is 0.00872. The van der Waals surface area contributed by atoms with E-state index in [0.717, 1.165) is 53.1 Å². The molecule has 1 aromatic heterocycles. The summed E-state index contributed by atoms with van der Waals surface area (Å²) in [6, 6.07) is 12.4. The van der Waals surface area contributed by atoms with Gasteiger partial charge in [0.25, 0.3) is 0 Å². The van der Waals surface area contributed by atoms with Crippen LogP contribution in [0.2, 0.25) is 0 Å². The second-order valence-corrected chi connectivity index (χ2v) is 10.0. The zero-order valence-electron chi connectivity index (χ0n) is 17.3. The van der Waals surface area contributed by atoms with E-state index in [4.69, 9.17) is 9.72 Å². The highest BCUT2D eigenvalue weighted by Gasteiger charge is 2.22. The average molecular weight is 478 g/mol. The average Bonchev–Trinajstić information content (AvgIpc) is 3.22. The Morgan fingerprint density at radius 2 is 1.94 bits per heavy atom. The molecule has 0 N–H and O–H groups in total. The fraction of sp³-hybridized carbons (Fsp3) is 0.364. The Labute approximate surface area is 194 Å². The molecule has 0 radical (unpaired) electrons. The van der Waals surface area contributed by atoms with Gasteiger partial charge >= 0.3 is 0 Å². The second kappa shape index (κ2) is 10.8. The van der Waals surface area contributed by atoms with Crippen LogP contribution in [0.5, 0.6) is 0 Å². The molecule has 1 fully saturated rings. The van der Waals surface area contributed by atoms with Gasteiger partial charge in [-0.3, -0.25) is 14.6 Å². The molecule has 2 heterocycles. The summed E-state index contributed by atoms with van der Waals surface area (Å²) in [5.41, 5.74) is 0.910. The van der Waals surface area contributed by atoms with Crippen molar-refractivity contribution in [1.82, 2.24) is 9.88 Å². The third kappa shape index (κ3) is 5.98. The van der Waals surface area contributed by atoms with Crippen LogP contribution in [0.3, 0.4) is 0 Å². The van der Waals surface area contributed by atoms with Crippen molar-refractivity contribution in [2.45, 2.75) is 9.79 Å². The summed E-state index contributed by atoms with van der Waals surface area (Å²) in [4.78, 5) is 24.1. The van der Waals surface area contributed by atoms with Crippen molar-refractivity contribution in [3.05, 3.63) is 48.3 Å². The maximum Gasteiger partial charge on any atom is 0.239 e. The number of carbonyl (C=O) groups excluding carboxylic acids is 1. The van der Waals surface area contributed by atoms with Crippen molar-refractivity contribution >= 4 is 56.1 Å². The quantitative estimate of drug-likeness (QED) is 0.442. The molecule has 2 aromatic carbocycles. The van der Waals surface area contributed by atoms with Gasteiger partial charge < -0.3 is 4.74 Å². The summed E-state index contributed by atoms with van der Waals surface area (Å²) < 4.78 is 19.7. The smallest absolute Gasteiger partial charge is 0.239 e. The molecule has 0 unspecified atom stereocenters. The molecule has 1 aliphatic heterocycles. The van der Waals surface area contributed by atoms with Crippen LogP contribution in [0.4, 0.5) is 9.52 Å². The van der Waals surface area contributed by atoms with Gasteiger partial charge in [0.15, 0.2) is 5.13 Å². The van der Waals surface area contributed by atoms with Gasteiger partial charge in [-0.05, 0) is 48.7 Å². The highest BCUT2D eigenvalue weighted by molar-refractivity contribution is 8.00. The number of carbonyl (C=O) groups is 1. The molecule has 1 saturated heterocycles. The first-order valence-corrected chi connectivity index (χ1v) is 13.1. The van der Waals surface area contributed by atoms with E-state index in [1.807, 2.05) is 12.3 Å². The van der Waals surface area contributed by atoms with Gasteiger partial charge in [0.2, 0.25) is 5.91 Å². The fourth-order valence-corrected chi connectivity index (χ4v) is 5.62. The number of nitrogens with zero attached hydrogens (tertiary/aromatic N) is 3. The molecule has 9 heteroatoms. The number of fused-ring (bicyclic) bond motifs is 1. The molecule has 4 rings (SSSR count). The number of benzene rings is 2. The fourth-order valence-electron chi connectivity index (χ4n) is 3.28. The van der Waals surface area contributed by atoms with E-state index in [0.29, 0.717) is 6.54 Å². The van der Waals surface area contributed by atoms with E-state index in [9.17, 15) is 9.18 Å². The molecule has 31 heavy (non-hydrogen) atoms. The van der Waals surface area contributed by atoms with Crippen LogP contribution in [-0.2, 0) is 9.53 Å². The largest absolute Gasteiger partial charge is 0.379 e. The van der Waals surface area contributed by atoms with E-state index < -0.39 is 0 Å². The number of thioether (sulfide) groups is 2. The van der Waals surface area contributed by atoms with Crippen molar-refractivity contribution in [1.29, 1.82) is 0 Å². The molecule has 5 nitrogen and oxygen atoms in total. The molecule has 3 aromatic rings. The Bertz CT molecular complexity index is 1020. The minimum absolute atomic E-state index is 0.00623. The van der Waals surface area contributed by atoms with Gasteiger partial charge in [0.05, 0.1) is 29.2 Å². The van der Waals surface area contributed by atoms with Crippen molar-refractivity contribution < 1.29 is 13.9 Å². The summed E-state index contributed by atoms with van der Waals surface area (Å²) >= 11 is 4.66. The summed E-state index contributed by atoms with van der Waals surface area (Å²) in [6.07, 6.45) is 2.05. The van der Waals surface area contributed by atoms with Gasteiger partial charge in [-0.1, -0.05) is 11.3 Å². The number of thiazole rings is 1. The molecule has 1 aliphatic rings. The number of anilines is 1. The Hall–Kier alpha value is -1.65. The maximum absolute atomic E-state index is 13.2. The van der Waals surface area contributed by atoms with E-state index in [2.05, 4.69) is 17.0 Å². The number of ether oxygens (including phenoxy) is 1. The number of halogens is 1. The van der Waals surface area contributed by atoms with Gasteiger partial charge in [-0.15, -0.1) is 23.5 Å². The number of hydrogen-bond donors (Lipinski definition) is 0. The van der Waals surface area contributed by atoms with E-state index in [-0.39, 0.29) is 17.5 Å². The highest BCUT2D eigenvalue weighted by Crippen LogP contribution is 2.32. The maximum atomic E-state index is 13.2. The SMILES string of the molecule is CSc1ccc2nc(N(CCN3CCOCC3)C(=O)CSc3ccc(F)cc3)sc2c1. The molecule has 1 amide bonds. The van der Waals surface area contributed by atoms with Crippen molar-refractivity contribution in [3.8, 4) is 0 Å². The summed E-state index contributed by atoms with van der Waals surface area (Å²) in [5, 5.41) is 0.728. The van der Waals surface area contributed by atoms with Gasteiger partial charge in [-0.25, -0.2) is 9.37 Å². The molecule has 0 spiro atoms. The first kappa shape index (κ1) is 22.5. The van der Waals surface area contributed by atoms with Crippen LogP contribution in [0.25, 0.3) is 10.2 Å². The molecular weight excluding hydrogens is 453 g/mol. The predicted molar refractivity (Wildman–Crippen MR) is 128 cm³/mol. The van der Waals surface area contributed by atoms with Crippen molar-refractivity contribution in [2.24, 2.45) is 0 Å². The number of aromatic nitrogens is 1. The third-order valence-electron chi connectivity index (χ3n) is 5.04. The van der Waals surface area contributed by atoms with Crippen molar-refractivity contribution in [3.63, 3.8) is 0 Å². The van der Waals surface area contributed by atoms with Crippen LogP contribution in [0, 0.1) is 5.82 Å². The highest BCUT2D eigenvalue weighted by atomic mass is 32.2. The molecule has 0 bridgehead atoms. The summed E-state index contributed by atoms with van der Waals surface area (Å²) in [7, 11) is 0. The number of rotatable bonds is 8. The van der Waals surface area contributed by atoms with Crippen molar-refractivity contribution in [2.75, 3.05) is 56.3 Å². The van der Waals surface area contributed by atoms with Crippen LogP contribution >= 0.6 is 34.9 Å². The first-order chi connectivity index (χ1) is 15.1. The molecule has 164 valence electrons. The third-order valence-corrected chi connectivity index (χ3v) is 7.80. The predicted octanol–water partition coefficient (Wildman–Crippen LogP) is 4.61.